The fourth-order valence-electron chi connectivity index (χ4n) is 3.52. The molecule has 1 amide bonds. The molecule has 0 aliphatic carbocycles. The minimum Gasteiger partial charge on any atom is -0.493 e. The Morgan fingerprint density at radius 2 is 2.17 bits per heavy atom. The average molecular weight is 330 g/mol. The summed E-state index contributed by atoms with van der Waals surface area (Å²) in [5, 5.41) is 9.13. The first-order chi connectivity index (χ1) is 11.6. The Kier molecular flexibility index (Phi) is 5.21. The van der Waals surface area contributed by atoms with Gasteiger partial charge in [0.15, 0.2) is 0 Å². The Morgan fingerprint density at radius 3 is 2.96 bits per heavy atom. The monoisotopic (exact) mass is 330 g/mol. The number of β-amino-alcohol motifs (C(OH)–C–C–N with tert-alkyl or cyclic N) is 1. The fourth-order valence-corrected chi connectivity index (χ4v) is 3.52. The van der Waals surface area contributed by atoms with Crippen molar-refractivity contribution in [2.24, 2.45) is 0 Å². The van der Waals surface area contributed by atoms with Gasteiger partial charge in [-0.1, -0.05) is 6.07 Å². The van der Waals surface area contributed by atoms with Gasteiger partial charge in [-0.25, -0.2) is 0 Å². The van der Waals surface area contributed by atoms with Crippen LogP contribution < -0.4 is 4.74 Å². The van der Waals surface area contributed by atoms with E-state index in [1.165, 1.54) is 5.56 Å². The van der Waals surface area contributed by atoms with Crippen molar-refractivity contribution in [3.8, 4) is 5.75 Å². The molecule has 1 aromatic rings. The van der Waals surface area contributed by atoms with Crippen LogP contribution >= 0.6 is 0 Å². The minimum absolute atomic E-state index is 0.0507. The summed E-state index contributed by atoms with van der Waals surface area (Å²) in [6.07, 6.45) is 4.49. The molecule has 2 atom stereocenters. The second-order valence-corrected chi connectivity index (χ2v) is 6.71. The molecule has 130 valence electrons. The summed E-state index contributed by atoms with van der Waals surface area (Å²) in [5.74, 6) is 1.01. The first-order valence-electron chi connectivity index (χ1n) is 8.68. The lowest BCUT2D eigenvalue weighted by atomic mass is 10.1. The number of hydrogen-bond donors (Lipinski definition) is 1. The van der Waals surface area contributed by atoms with Gasteiger partial charge >= 0.3 is 0 Å². The molecule has 2 aliphatic rings. The first-order valence-corrected chi connectivity index (χ1v) is 8.68. The van der Waals surface area contributed by atoms with Gasteiger partial charge in [-0.2, -0.15) is 0 Å². The van der Waals surface area contributed by atoms with Crippen molar-refractivity contribution < 1.29 is 14.6 Å². The van der Waals surface area contributed by atoms with E-state index in [4.69, 9.17) is 9.84 Å². The number of hydrogen-bond acceptors (Lipinski definition) is 4. The molecule has 2 heterocycles. The molecule has 1 saturated heterocycles. The van der Waals surface area contributed by atoms with Crippen LogP contribution in [0.15, 0.2) is 24.3 Å². The number of piperazine rings is 1. The molecule has 1 N–H and O–H groups in total. The number of aliphatic hydroxyl groups excluding tert-OH is 1. The zero-order chi connectivity index (χ0) is 17.1. The standard InChI is InChI=1S/C19H26N2O3/c1-14-13-21(15(2)12-20(14)8-9-22)19(23)6-4-16-3-5-18-17(11-16)7-10-24-18/h3-6,11,14-15,22H,7-10,12-13H2,1-2H3/b6-4+. The highest BCUT2D eigenvalue weighted by Crippen LogP contribution is 2.26. The van der Waals surface area contributed by atoms with Crippen molar-refractivity contribution >= 4 is 12.0 Å². The number of carbonyl (C=O) groups is 1. The van der Waals surface area contributed by atoms with Crippen molar-refractivity contribution in [3.63, 3.8) is 0 Å². The Bertz CT molecular complexity index is 629. The Morgan fingerprint density at radius 1 is 1.33 bits per heavy atom. The summed E-state index contributed by atoms with van der Waals surface area (Å²) in [6.45, 7) is 7.24. The van der Waals surface area contributed by atoms with Gasteiger partial charge in [0.25, 0.3) is 0 Å². The summed E-state index contributed by atoms with van der Waals surface area (Å²) in [7, 11) is 0. The van der Waals surface area contributed by atoms with Crippen LogP contribution in [0.25, 0.3) is 6.08 Å². The highest BCUT2D eigenvalue weighted by Gasteiger charge is 2.30. The largest absolute Gasteiger partial charge is 0.493 e. The molecular weight excluding hydrogens is 304 g/mol. The van der Waals surface area contributed by atoms with E-state index in [-0.39, 0.29) is 24.6 Å². The SMILES string of the molecule is CC1CN(C(=O)/C=C/c2ccc3c(c2)CCO3)C(C)CN1CCO. The lowest BCUT2D eigenvalue weighted by Gasteiger charge is -2.43. The lowest BCUT2D eigenvalue weighted by Crippen LogP contribution is -2.58. The van der Waals surface area contributed by atoms with E-state index in [0.29, 0.717) is 13.1 Å². The van der Waals surface area contributed by atoms with E-state index in [0.717, 1.165) is 30.9 Å². The van der Waals surface area contributed by atoms with Crippen molar-refractivity contribution in [2.75, 3.05) is 32.8 Å². The second kappa shape index (κ2) is 7.36. The van der Waals surface area contributed by atoms with Crippen molar-refractivity contribution in [1.82, 2.24) is 9.80 Å². The number of fused-ring (bicyclic) bond motifs is 1. The molecule has 5 heteroatoms. The number of benzene rings is 1. The number of aliphatic hydroxyl groups is 1. The molecule has 1 fully saturated rings. The van der Waals surface area contributed by atoms with Gasteiger partial charge in [-0.3, -0.25) is 9.69 Å². The molecule has 0 spiro atoms. The molecule has 2 unspecified atom stereocenters. The number of rotatable bonds is 4. The van der Waals surface area contributed by atoms with Gasteiger partial charge < -0.3 is 14.7 Å². The zero-order valence-corrected chi connectivity index (χ0v) is 14.4. The molecular formula is C19H26N2O3. The van der Waals surface area contributed by atoms with E-state index in [2.05, 4.69) is 24.8 Å². The van der Waals surface area contributed by atoms with Gasteiger partial charge in [0.1, 0.15) is 5.75 Å². The number of carbonyl (C=O) groups excluding carboxylic acids is 1. The minimum atomic E-state index is 0.0507. The molecule has 5 nitrogen and oxygen atoms in total. The van der Waals surface area contributed by atoms with Crippen LogP contribution in [-0.4, -0.2) is 65.7 Å². The van der Waals surface area contributed by atoms with Crippen LogP contribution in [0.3, 0.4) is 0 Å². The first kappa shape index (κ1) is 17.0. The molecule has 24 heavy (non-hydrogen) atoms. The van der Waals surface area contributed by atoms with E-state index in [1.54, 1.807) is 6.08 Å². The predicted octanol–water partition coefficient (Wildman–Crippen LogP) is 1.55. The molecule has 1 aromatic carbocycles. The van der Waals surface area contributed by atoms with Crippen LogP contribution in [0.4, 0.5) is 0 Å². The zero-order valence-electron chi connectivity index (χ0n) is 14.4. The molecule has 0 aromatic heterocycles. The summed E-state index contributed by atoms with van der Waals surface area (Å²) >= 11 is 0. The lowest BCUT2D eigenvalue weighted by molar-refractivity contribution is -0.131. The summed E-state index contributed by atoms with van der Waals surface area (Å²) in [4.78, 5) is 16.7. The average Bonchev–Trinajstić information content (AvgIpc) is 3.03. The smallest absolute Gasteiger partial charge is 0.246 e. The third-order valence-electron chi connectivity index (χ3n) is 4.92. The van der Waals surface area contributed by atoms with Gasteiger partial charge in [0.2, 0.25) is 5.91 Å². The van der Waals surface area contributed by atoms with Crippen LogP contribution in [0.2, 0.25) is 0 Å². The maximum Gasteiger partial charge on any atom is 0.246 e. The van der Waals surface area contributed by atoms with E-state index in [9.17, 15) is 4.79 Å². The highest BCUT2D eigenvalue weighted by molar-refractivity contribution is 5.92. The van der Waals surface area contributed by atoms with Gasteiger partial charge in [-0.05, 0) is 43.2 Å². The molecule has 3 rings (SSSR count). The fraction of sp³-hybridized carbons (Fsp3) is 0.526. The van der Waals surface area contributed by atoms with Gasteiger partial charge in [0, 0.05) is 44.2 Å². The maximum absolute atomic E-state index is 12.6. The van der Waals surface area contributed by atoms with Gasteiger partial charge in [-0.15, -0.1) is 0 Å². The van der Waals surface area contributed by atoms with Crippen molar-refractivity contribution in [2.45, 2.75) is 32.4 Å². The Balaban J connectivity index is 1.64. The van der Waals surface area contributed by atoms with E-state index >= 15 is 0 Å². The maximum atomic E-state index is 12.6. The molecule has 0 radical (unpaired) electrons. The van der Waals surface area contributed by atoms with Crippen LogP contribution in [-0.2, 0) is 11.2 Å². The summed E-state index contributed by atoms with van der Waals surface area (Å²) in [5.41, 5.74) is 2.25. The van der Waals surface area contributed by atoms with Crippen molar-refractivity contribution in [3.05, 3.63) is 35.4 Å². The van der Waals surface area contributed by atoms with Gasteiger partial charge in [0.05, 0.1) is 13.2 Å². The molecule has 0 bridgehead atoms. The van der Waals surface area contributed by atoms with Crippen LogP contribution in [0.5, 0.6) is 5.75 Å². The van der Waals surface area contributed by atoms with Crippen LogP contribution in [0, 0.1) is 0 Å². The highest BCUT2D eigenvalue weighted by atomic mass is 16.5. The third kappa shape index (κ3) is 3.62. The quantitative estimate of drug-likeness (QED) is 0.851. The second-order valence-electron chi connectivity index (χ2n) is 6.71. The van der Waals surface area contributed by atoms with E-state index in [1.807, 2.05) is 23.1 Å². The topological polar surface area (TPSA) is 53.0 Å². The number of ether oxygens (including phenoxy) is 1. The Labute approximate surface area is 143 Å². The number of nitrogens with zero attached hydrogens (tertiary/aromatic N) is 2. The van der Waals surface area contributed by atoms with Crippen molar-refractivity contribution in [1.29, 1.82) is 0 Å². The summed E-state index contributed by atoms with van der Waals surface area (Å²) < 4.78 is 5.51. The normalized spacial score (nSPS) is 24.2. The summed E-state index contributed by atoms with van der Waals surface area (Å²) in [6, 6.07) is 6.47. The molecule has 0 saturated carbocycles. The third-order valence-corrected chi connectivity index (χ3v) is 4.92. The van der Waals surface area contributed by atoms with Crippen LogP contribution in [0.1, 0.15) is 25.0 Å². The number of amides is 1. The van der Waals surface area contributed by atoms with E-state index < -0.39 is 0 Å². The Hall–Kier alpha value is -1.85. The molecule has 2 aliphatic heterocycles. The predicted molar refractivity (Wildman–Crippen MR) is 94.0 cm³/mol.